The number of aliphatic hydroxyl groups excluding tert-OH is 1. The van der Waals surface area contributed by atoms with Crippen LogP contribution in [0.2, 0.25) is 10.0 Å². The van der Waals surface area contributed by atoms with E-state index in [4.69, 9.17) is 23.2 Å². The van der Waals surface area contributed by atoms with Crippen molar-refractivity contribution in [1.82, 2.24) is 9.97 Å². The van der Waals surface area contributed by atoms with Crippen molar-refractivity contribution in [2.24, 2.45) is 5.92 Å². The highest BCUT2D eigenvalue weighted by atomic mass is 35.5. The quantitative estimate of drug-likeness (QED) is 0.857. The lowest BCUT2D eigenvalue weighted by Crippen LogP contribution is -2.37. The molecule has 1 aliphatic heterocycles. The molecule has 0 spiro atoms. The molecule has 0 amide bonds. The first-order valence-corrected chi connectivity index (χ1v) is 9.14. The van der Waals surface area contributed by atoms with Crippen LogP contribution in [0.5, 0.6) is 0 Å². The summed E-state index contributed by atoms with van der Waals surface area (Å²) >= 11 is 12.2. The normalized spacial score (nSPS) is 17.6. The monoisotopic (exact) mass is 380 g/mol. The van der Waals surface area contributed by atoms with Crippen LogP contribution in [-0.2, 0) is 6.54 Å². The van der Waals surface area contributed by atoms with E-state index in [9.17, 15) is 5.11 Å². The number of rotatable bonds is 5. The van der Waals surface area contributed by atoms with Gasteiger partial charge in [0, 0.05) is 49.4 Å². The summed E-state index contributed by atoms with van der Waals surface area (Å²) in [5.41, 5.74) is 1.03. The Balaban J connectivity index is 1.74. The number of hydrogen-bond acceptors (Lipinski definition) is 5. The van der Waals surface area contributed by atoms with Gasteiger partial charge in [-0.3, -0.25) is 0 Å². The number of aliphatic hydroxyl groups is 1. The molecule has 134 valence electrons. The van der Waals surface area contributed by atoms with Gasteiger partial charge in [0.05, 0.1) is 0 Å². The standard InChI is InChI=1S/C18H22Cl2N4O/c1-23(9-14-5-15(19)7-16(20)6-14)17-8-18(22-12-21-17)24-4-2-3-13(10-24)11-25/h5-8,12-13,25H,2-4,9-11H2,1H3. The number of anilines is 2. The Morgan fingerprint density at radius 1 is 1.20 bits per heavy atom. The molecule has 0 bridgehead atoms. The molecule has 25 heavy (non-hydrogen) atoms. The van der Waals surface area contributed by atoms with E-state index in [-0.39, 0.29) is 6.61 Å². The van der Waals surface area contributed by atoms with Gasteiger partial charge in [-0.05, 0) is 42.5 Å². The van der Waals surface area contributed by atoms with Gasteiger partial charge in [-0.15, -0.1) is 0 Å². The molecule has 1 atom stereocenters. The summed E-state index contributed by atoms with van der Waals surface area (Å²) in [5.74, 6) is 2.06. The topological polar surface area (TPSA) is 52.5 Å². The predicted octanol–water partition coefficient (Wildman–Crippen LogP) is 3.63. The number of aromatic nitrogens is 2. The van der Waals surface area contributed by atoms with Crippen LogP contribution in [0.3, 0.4) is 0 Å². The molecular weight excluding hydrogens is 359 g/mol. The molecule has 1 unspecified atom stereocenters. The summed E-state index contributed by atoms with van der Waals surface area (Å²) in [6, 6.07) is 7.53. The zero-order chi connectivity index (χ0) is 17.8. The molecule has 1 N–H and O–H groups in total. The maximum atomic E-state index is 9.42. The van der Waals surface area contributed by atoms with Gasteiger partial charge < -0.3 is 14.9 Å². The lowest BCUT2D eigenvalue weighted by atomic mass is 9.99. The van der Waals surface area contributed by atoms with E-state index >= 15 is 0 Å². The zero-order valence-corrected chi connectivity index (χ0v) is 15.7. The van der Waals surface area contributed by atoms with E-state index in [1.54, 1.807) is 12.4 Å². The molecule has 0 saturated carbocycles. The molecule has 0 aliphatic carbocycles. The summed E-state index contributed by atoms with van der Waals surface area (Å²) in [6.07, 6.45) is 3.73. The van der Waals surface area contributed by atoms with E-state index in [1.807, 2.05) is 30.1 Å². The van der Waals surface area contributed by atoms with E-state index in [0.29, 0.717) is 22.5 Å². The number of piperidine rings is 1. The first kappa shape index (κ1) is 18.2. The van der Waals surface area contributed by atoms with Crippen molar-refractivity contribution in [3.63, 3.8) is 0 Å². The van der Waals surface area contributed by atoms with Crippen molar-refractivity contribution >= 4 is 34.8 Å². The molecule has 3 rings (SSSR count). The number of benzene rings is 1. The molecule has 1 aromatic carbocycles. The minimum atomic E-state index is 0.226. The van der Waals surface area contributed by atoms with Gasteiger partial charge >= 0.3 is 0 Å². The first-order chi connectivity index (χ1) is 12.0. The van der Waals surface area contributed by atoms with Crippen molar-refractivity contribution in [2.45, 2.75) is 19.4 Å². The summed E-state index contributed by atoms with van der Waals surface area (Å²) in [5, 5.41) is 10.7. The first-order valence-electron chi connectivity index (χ1n) is 8.39. The van der Waals surface area contributed by atoms with E-state index in [2.05, 4.69) is 14.9 Å². The smallest absolute Gasteiger partial charge is 0.134 e. The summed E-state index contributed by atoms with van der Waals surface area (Å²) in [6.45, 7) is 2.67. The van der Waals surface area contributed by atoms with Gasteiger partial charge in [0.1, 0.15) is 18.0 Å². The Labute approximate surface area is 158 Å². The van der Waals surface area contributed by atoms with Crippen LogP contribution < -0.4 is 9.80 Å². The van der Waals surface area contributed by atoms with Crippen LogP contribution in [0.25, 0.3) is 0 Å². The van der Waals surface area contributed by atoms with Gasteiger partial charge in [-0.2, -0.15) is 0 Å². The third-order valence-corrected chi connectivity index (χ3v) is 4.91. The highest BCUT2D eigenvalue weighted by Crippen LogP contribution is 2.25. The fraction of sp³-hybridized carbons (Fsp3) is 0.444. The lowest BCUT2D eigenvalue weighted by Gasteiger charge is -2.33. The van der Waals surface area contributed by atoms with Gasteiger partial charge in [-0.25, -0.2) is 9.97 Å². The predicted molar refractivity (Wildman–Crippen MR) is 103 cm³/mol. The van der Waals surface area contributed by atoms with Gasteiger partial charge in [-0.1, -0.05) is 23.2 Å². The number of nitrogens with zero attached hydrogens (tertiary/aromatic N) is 4. The average molecular weight is 381 g/mol. The van der Waals surface area contributed by atoms with E-state index in [0.717, 1.165) is 43.1 Å². The molecule has 1 fully saturated rings. The van der Waals surface area contributed by atoms with E-state index in [1.165, 1.54) is 0 Å². The van der Waals surface area contributed by atoms with Crippen LogP contribution in [0.4, 0.5) is 11.6 Å². The summed E-state index contributed by atoms with van der Waals surface area (Å²) < 4.78 is 0. The third kappa shape index (κ3) is 4.75. The largest absolute Gasteiger partial charge is 0.396 e. The number of halogens is 2. The second-order valence-electron chi connectivity index (χ2n) is 6.51. The summed E-state index contributed by atoms with van der Waals surface area (Å²) in [4.78, 5) is 13.1. The van der Waals surface area contributed by atoms with Crippen molar-refractivity contribution < 1.29 is 5.11 Å². The van der Waals surface area contributed by atoms with Gasteiger partial charge in [0.15, 0.2) is 0 Å². The molecule has 5 nitrogen and oxygen atoms in total. The second-order valence-corrected chi connectivity index (χ2v) is 7.38. The van der Waals surface area contributed by atoms with Crippen LogP contribution in [0.15, 0.2) is 30.6 Å². The molecule has 1 aromatic heterocycles. The van der Waals surface area contributed by atoms with Gasteiger partial charge in [0.2, 0.25) is 0 Å². The Morgan fingerprint density at radius 3 is 2.68 bits per heavy atom. The summed E-state index contributed by atoms with van der Waals surface area (Å²) in [7, 11) is 1.98. The van der Waals surface area contributed by atoms with E-state index < -0.39 is 0 Å². The SMILES string of the molecule is CN(Cc1cc(Cl)cc(Cl)c1)c1cc(N2CCCC(CO)C2)ncn1. The van der Waals surface area contributed by atoms with Crippen molar-refractivity contribution in [3.05, 3.63) is 46.2 Å². The average Bonchev–Trinajstić information content (AvgIpc) is 2.61. The Bertz CT molecular complexity index is 708. The fourth-order valence-electron chi connectivity index (χ4n) is 3.20. The maximum Gasteiger partial charge on any atom is 0.134 e. The minimum Gasteiger partial charge on any atom is -0.396 e. The second kappa shape index (κ2) is 8.21. The number of hydrogen-bond donors (Lipinski definition) is 1. The zero-order valence-electron chi connectivity index (χ0n) is 14.2. The molecule has 1 saturated heterocycles. The van der Waals surface area contributed by atoms with Crippen LogP contribution in [-0.4, -0.2) is 41.8 Å². The highest BCUT2D eigenvalue weighted by Gasteiger charge is 2.21. The lowest BCUT2D eigenvalue weighted by molar-refractivity contribution is 0.208. The Hall–Kier alpha value is -1.56. The Kier molecular flexibility index (Phi) is 5.99. The molecule has 2 heterocycles. The highest BCUT2D eigenvalue weighted by molar-refractivity contribution is 6.34. The molecule has 7 heteroatoms. The van der Waals surface area contributed by atoms with Crippen molar-refractivity contribution in [3.8, 4) is 0 Å². The molecule has 0 radical (unpaired) electrons. The Morgan fingerprint density at radius 2 is 1.96 bits per heavy atom. The molecular formula is C18H22Cl2N4O. The van der Waals surface area contributed by atoms with Crippen molar-refractivity contribution in [2.75, 3.05) is 36.5 Å². The minimum absolute atomic E-state index is 0.226. The van der Waals surface area contributed by atoms with Crippen LogP contribution >= 0.6 is 23.2 Å². The van der Waals surface area contributed by atoms with Gasteiger partial charge in [0.25, 0.3) is 0 Å². The molecule has 2 aromatic rings. The third-order valence-electron chi connectivity index (χ3n) is 4.47. The van der Waals surface area contributed by atoms with Crippen LogP contribution in [0, 0.1) is 5.92 Å². The maximum absolute atomic E-state index is 9.42. The fourth-order valence-corrected chi connectivity index (χ4v) is 3.77. The van der Waals surface area contributed by atoms with Crippen LogP contribution in [0.1, 0.15) is 18.4 Å². The van der Waals surface area contributed by atoms with Crippen molar-refractivity contribution in [1.29, 1.82) is 0 Å². The molecule has 1 aliphatic rings.